The highest BCUT2D eigenvalue weighted by molar-refractivity contribution is 5.95. The van der Waals surface area contributed by atoms with E-state index < -0.39 is 64.7 Å². The van der Waals surface area contributed by atoms with Crippen molar-refractivity contribution < 1.29 is 41.4 Å². The van der Waals surface area contributed by atoms with Crippen LogP contribution in [0.1, 0.15) is 70.0 Å². The molecule has 2 N–H and O–H groups in total. The Kier molecular flexibility index (Phi) is 9.64. The number of aromatic nitrogens is 6. The fraction of sp³-hybridized carbons (Fsp3) is 0.378. The van der Waals surface area contributed by atoms with Crippen molar-refractivity contribution in [3.8, 4) is 17.1 Å². The van der Waals surface area contributed by atoms with Crippen LogP contribution >= 0.6 is 0 Å². The van der Waals surface area contributed by atoms with Crippen LogP contribution in [0, 0.1) is 25.5 Å². The molecule has 1 unspecified atom stereocenters. The number of benzene rings is 2. The van der Waals surface area contributed by atoms with Crippen LogP contribution < -0.4 is 10.9 Å². The molecule has 0 saturated carbocycles. The first kappa shape index (κ1) is 38.5. The predicted octanol–water partition coefficient (Wildman–Crippen LogP) is 4.89. The zero-order valence-corrected chi connectivity index (χ0v) is 30.8. The Hall–Kier alpha value is -5.82. The third-order valence-corrected chi connectivity index (χ3v) is 10.1. The number of likely N-dealkylation sites (tertiary alicyclic amines) is 1. The third-order valence-electron chi connectivity index (χ3n) is 10.1. The molecule has 294 valence electrons. The minimum Gasteiger partial charge on any atom is -0.504 e. The van der Waals surface area contributed by atoms with E-state index in [-0.39, 0.29) is 77.6 Å². The van der Waals surface area contributed by atoms with Gasteiger partial charge in [-0.15, -0.1) is 5.10 Å². The van der Waals surface area contributed by atoms with Crippen molar-refractivity contribution in [1.82, 2.24) is 38.9 Å². The minimum absolute atomic E-state index is 0.00913. The molecule has 1 fully saturated rings. The number of piperidine rings is 1. The fourth-order valence-corrected chi connectivity index (χ4v) is 7.39. The molecule has 2 amide bonds. The van der Waals surface area contributed by atoms with E-state index in [0.29, 0.717) is 18.2 Å². The van der Waals surface area contributed by atoms with E-state index >= 15 is 4.39 Å². The van der Waals surface area contributed by atoms with Crippen LogP contribution in [-0.4, -0.2) is 83.0 Å². The molecule has 7 rings (SSSR count). The molecule has 14 nitrogen and oxygen atoms in total. The van der Waals surface area contributed by atoms with Gasteiger partial charge in [0.15, 0.2) is 17.3 Å². The number of anilines is 1. The second-order valence-electron chi connectivity index (χ2n) is 14.2. The summed E-state index contributed by atoms with van der Waals surface area (Å²) in [5.41, 5.74) is -1.88. The average Bonchev–Trinajstić information content (AvgIpc) is 3.69. The molecular weight excluding hydrogens is 745 g/mol. The van der Waals surface area contributed by atoms with Crippen LogP contribution in [0.2, 0.25) is 0 Å². The number of hydrogen-bond acceptors (Lipinski definition) is 10. The molecule has 19 heteroatoms. The lowest BCUT2D eigenvalue weighted by atomic mass is 9.85. The summed E-state index contributed by atoms with van der Waals surface area (Å²) in [5, 5.41) is 17.2. The molecule has 2 aliphatic rings. The number of halogens is 5. The number of nitrogens with zero attached hydrogens (tertiary/aromatic N) is 8. The maximum absolute atomic E-state index is 15.7. The molecule has 0 bridgehead atoms. The number of nitrogens with one attached hydrogen (secondary N) is 1. The fourth-order valence-electron chi connectivity index (χ4n) is 7.39. The second kappa shape index (κ2) is 14.0. The zero-order chi connectivity index (χ0) is 40.4. The highest BCUT2D eigenvalue weighted by Crippen LogP contribution is 2.48. The number of hydrogen-bond donors (Lipinski definition) is 2. The number of carbonyl (C=O) groups is 2. The first-order valence-corrected chi connectivity index (χ1v) is 17.5. The van der Waals surface area contributed by atoms with Crippen molar-refractivity contribution in [3.63, 3.8) is 0 Å². The minimum atomic E-state index is -4.81. The lowest BCUT2D eigenvalue weighted by Crippen LogP contribution is -2.47. The van der Waals surface area contributed by atoms with Crippen LogP contribution in [0.5, 0.6) is 5.75 Å². The van der Waals surface area contributed by atoms with Gasteiger partial charge in [-0.2, -0.15) is 22.7 Å². The summed E-state index contributed by atoms with van der Waals surface area (Å²) in [4.78, 5) is 57.2. The zero-order valence-electron chi connectivity index (χ0n) is 30.8. The Morgan fingerprint density at radius 1 is 1.07 bits per heavy atom. The summed E-state index contributed by atoms with van der Waals surface area (Å²) in [6.07, 6.45) is -4.29. The van der Waals surface area contributed by atoms with Crippen LogP contribution in [-0.2, 0) is 34.4 Å². The quantitative estimate of drug-likeness (QED) is 0.218. The smallest absolute Gasteiger partial charge is 0.416 e. The molecular formula is C37H36F5N9O5. The van der Waals surface area contributed by atoms with Gasteiger partial charge in [0.2, 0.25) is 11.7 Å². The number of aromatic hydroxyl groups is 1. The highest BCUT2D eigenvalue weighted by Gasteiger charge is 2.51. The van der Waals surface area contributed by atoms with Gasteiger partial charge in [-0.05, 0) is 89.2 Å². The molecule has 2 aromatic carbocycles. The van der Waals surface area contributed by atoms with Gasteiger partial charge in [-0.25, -0.2) is 18.7 Å². The van der Waals surface area contributed by atoms with Gasteiger partial charge in [-0.1, -0.05) is 0 Å². The number of ether oxygens (including phenoxy) is 1. The van der Waals surface area contributed by atoms with E-state index in [0.717, 1.165) is 16.1 Å². The number of aryl methyl sites for hydroxylation is 2. The van der Waals surface area contributed by atoms with E-state index in [4.69, 9.17) is 4.74 Å². The lowest BCUT2D eigenvalue weighted by Gasteiger charge is -2.39. The molecule has 5 heterocycles. The van der Waals surface area contributed by atoms with E-state index in [1.165, 1.54) is 28.8 Å². The molecule has 0 radical (unpaired) electrons. The standard InChI is InChI=1S/C37H36F5N9O5/c1-18-12-23(24(38)13-21(18)15-48(4)5)32-46-35-50(16-27(52)45-26-7-6-22(14-25(26)39)37(40,41)42)30-20(3)56-36(28(30)33(54)51(35)47-32)8-10-49(11-9-36)34(55)29-31(53)19(2)43-17-44-29/h6-7,12-14,17,20,53H,8-11,15-16H2,1-5H3,(H,45,52). The van der Waals surface area contributed by atoms with Crippen molar-refractivity contribution in [2.75, 3.05) is 32.5 Å². The van der Waals surface area contributed by atoms with Crippen LogP contribution in [0.15, 0.2) is 41.5 Å². The van der Waals surface area contributed by atoms with Crippen LogP contribution in [0.4, 0.5) is 27.6 Å². The van der Waals surface area contributed by atoms with E-state index in [1.807, 2.05) is 19.0 Å². The van der Waals surface area contributed by atoms with Crippen LogP contribution in [0.3, 0.4) is 0 Å². The lowest BCUT2D eigenvalue weighted by molar-refractivity contribution is -0.137. The van der Waals surface area contributed by atoms with Gasteiger partial charge in [0.25, 0.3) is 11.5 Å². The molecule has 0 aliphatic carbocycles. The van der Waals surface area contributed by atoms with Gasteiger partial charge >= 0.3 is 6.18 Å². The summed E-state index contributed by atoms with van der Waals surface area (Å²) in [5.74, 6) is -4.09. The molecule has 56 heavy (non-hydrogen) atoms. The Morgan fingerprint density at radius 3 is 2.45 bits per heavy atom. The average molecular weight is 782 g/mol. The summed E-state index contributed by atoms with van der Waals surface area (Å²) in [6.45, 7) is 4.95. The molecule has 1 saturated heterocycles. The molecule has 1 spiro atoms. The second-order valence-corrected chi connectivity index (χ2v) is 14.2. The predicted molar refractivity (Wildman–Crippen MR) is 190 cm³/mol. The Morgan fingerprint density at radius 2 is 1.79 bits per heavy atom. The van der Waals surface area contributed by atoms with Crippen molar-refractivity contribution >= 4 is 23.3 Å². The number of rotatable bonds is 7. The van der Waals surface area contributed by atoms with E-state index in [9.17, 15) is 37.1 Å². The van der Waals surface area contributed by atoms with Gasteiger partial charge in [-0.3, -0.25) is 14.4 Å². The Labute approximate surface area is 315 Å². The SMILES string of the molecule is Cc1cc(-c2nc3n(CC(=O)Nc4ccc(C(F)(F)F)cc4F)c4c(c(=O)n3n2)C2(CCN(C(=O)c3ncnc(C)c3O)CC2)OC4C)c(F)cc1CN(C)C. The van der Waals surface area contributed by atoms with E-state index in [2.05, 4.69) is 25.4 Å². The number of fused-ring (bicyclic) bond motifs is 3. The number of alkyl halides is 3. The van der Waals surface area contributed by atoms with Gasteiger partial charge in [0.05, 0.1) is 39.9 Å². The first-order chi connectivity index (χ1) is 26.4. The summed E-state index contributed by atoms with van der Waals surface area (Å²) in [6, 6.07) is 4.60. The molecule has 1 atom stereocenters. The maximum Gasteiger partial charge on any atom is 0.416 e. The topological polar surface area (TPSA) is 160 Å². The number of carbonyl (C=O) groups excluding carboxylic acids is 2. The van der Waals surface area contributed by atoms with Crippen molar-refractivity contribution in [1.29, 1.82) is 0 Å². The summed E-state index contributed by atoms with van der Waals surface area (Å²) >= 11 is 0. The van der Waals surface area contributed by atoms with Gasteiger partial charge in [0.1, 0.15) is 30.1 Å². The Balaban J connectivity index is 1.31. The van der Waals surface area contributed by atoms with Crippen molar-refractivity contribution in [2.45, 2.75) is 64.6 Å². The van der Waals surface area contributed by atoms with Gasteiger partial charge in [0, 0.05) is 19.6 Å². The molecule has 2 aliphatic heterocycles. The van der Waals surface area contributed by atoms with E-state index in [1.54, 1.807) is 19.9 Å². The largest absolute Gasteiger partial charge is 0.504 e. The van der Waals surface area contributed by atoms with Crippen molar-refractivity contribution in [2.24, 2.45) is 0 Å². The molecule has 5 aromatic rings. The third kappa shape index (κ3) is 6.74. The molecule has 3 aromatic heterocycles. The monoisotopic (exact) mass is 781 g/mol. The van der Waals surface area contributed by atoms with Crippen LogP contribution in [0.25, 0.3) is 17.2 Å². The number of amides is 2. The maximum atomic E-state index is 15.7. The first-order valence-electron chi connectivity index (χ1n) is 17.5. The Bertz CT molecular complexity index is 2470. The highest BCUT2D eigenvalue weighted by atomic mass is 19.4. The summed E-state index contributed by atoms with van der Waals surface area (Å²) < 4.78 is 78.8. The normalized spacial score (nSPS) is 16.6. The van der Waals surface area contributed by atoms with Crippen molar-refractivity contribution in [3.05, 3.63) is 98.0 Å². The summed E-state index contributed by atoms with van der Waals surface area (Å²) in [7, 11) is 3.68. The van der Waals surface area contributed by atoms with Gasteiger partial charge < -0.3 is 29.5 Å².